The first kappa shape index (κ1) is 14.8. The Balaban J connectivity index is 1.88. The van der Waals surface area contributed by atoms with E-state index in [2.05, 4.69) is 10.6 Å². The van der Waals surface area contributed by atoms with Crippen LogP contribution in [0, 0.1) is 0 Å². The van der Waals surface area contributed by atoms with Crippen molar-refractivity contribution in [3.05, 3.63) is 63.6 Å². The van der Waals surface area contributed by atoms with Crippen molar-refractivity contribution < 1.29 is 14.7 Å². The number of carbonyl (C=O) groups excluding carboxylic acids is 2. The lowest BCUT2D eigenvalue weighted by atomic mass is 10.1. The van der Waals surface area contributed by atoms with E-state index in [-0.39, 0.29) is 17.8 Å². The fourth-order valence-electron chi connectivity index (χ4n) is 2.47. The zero-order valence-electron chi connectivity index (χ0n) is 12.2. The van der Waals surface area contributed by atoms with Crippen LogP contribution >= 0.6 is 0 Å². The van der Waals surface area contributed by atoms with E-state index in [0.29, 0.717) is 13.1 Å². The van der Waals surface area contributed by atoms with Crippen molar-refractivity contribution in [2.24, 2.45) is 0 Å². The van der Waals surface area contributed by atoms with Gasteiger partial charge in [-0.15, -0.1) is 0 Å². The lowest BCUT2D eigenvalue weighted by Gasteiger charge is -2.20. The number of aromatic nitrogens is 1. The van der Waals surface area contributed by atoms with Crippen molar-refractivity contribution in [2.75, 3.05) is 6.54 Å². The average Bonchev–Trinajstić information content (AvgIpc) is 2.56. The molecule has 0 bridgehead atoms. The summed E-state index contributed by atoms with van der Waals surface area (Å²) < 4.78 is 1.42. The number of benzene rings is 1. The molecule has 1 aromatic heterocycles. The number of aromatic hydroxyl groups is 1. The van der Waals surface area contributed by atoms with Gasteiger partial charge in [0.2, 0.25) is 5.43 Å². The molecule has 1 aliphatic heterocycles. The van der Waals surface area contributed by atoms with Crippen molar-refractivity contribution in [3.8, 4) is 5.75 Å². The quantitative estimate of drug-likeness (QED) is 0.755. The van der Waals surface area contributed by atoms with Gasteiger partial charge in [0.05, 0.1) is 0 Å². The van der Waals surface area contributed by atoms with Gasteiger partial charge in [0.15, 0.2) is 11.4 Å². The highest BCUT2D eigenvalue weighted by Gasteiger charge is 2.25. The smallest absolute Gasteiger partial charge is 0.271 e. The van der Waals surface area contributed by atoms with Gasteiger partial charge in [0, 0.05) is 25.8 Å². The molecule has 2 heterocycles. The van der Waals surface area contributed by atoms with Gasteiger partial charge in [-0.2, -0.15) is 0 Å². The number of nitrogens with one attached hydrogen (secondary N) is 2. The summed E-state index contributed by atoms with van der Waals surface area (Å²) in [5.41, 5.74) is -0.251. The van der Waals surface area contributed by atoms with Gasteiger partial charge in [-0.1, -0.05) is 30.3 Å². The summed E-state index contributed by atoms with van der Waals surface area (Å²) in [5.74, 6) is -1.81. The van der Waals surface area contributed by atoms with E-state index in [4.69, 9.17) is 0 Å². The maximum atomic E-state index is 12.2. The van der Waals surface area contributed by atoms with Crippen molar-refractivity contribution in [1.82, 2.24) is 15.2 Å². The van der Waals surface area contributed by atoms with Crippen LogP contribution in [0.3, 0.4) is 0 Å². The van der Waals surface area contributed by atoms with Gasteiger partial charge in [0.25, 0.3) is 11.8 Å². The van der Waals surface area contributed by atoms with Crippen molar-refractivity contribution in [1.29, 1.82) is 0 Å². The standard InChI is InChI=1S/C16H15N3O4/c20-13-11(15(22)18-8-10-4-2-1-3-5-10)9-19-7-6-17-16(23)12(19)14(13)21/h1-5,9,21H,6-8H2,(H,17,23)(H,18,22). The van der Waals surface area contributed by atoms with Crippen molar-refractivity contribution >= 4 is 11.8 Å². The fraction of sp³-hybridized carbons (Fsp3) is 0.188. The van der Waals surface area contributed by atoms with Crippen molar-refractivity contribution in [3.63, 3.8) is 0 Å². The third kappa shape index (κ3) is 2.80. The minimum Gasteiger partial charge on any atom is -0.503 e. The summed E-state index contributed by atoms with van der Waals surface area (Å²) in [5, 5.41) is 15.1. The van der Waals surface area contributed by atoms with E-state index in [1.807, 2.05) is 30.3 Å². The molecule has 0 atom stereocenters. The van der Waals surface area contributed by atoms with Gasteiger partial charge < -0.3 is 20.3 Å². The van der Waals surface area contributed by atoms with E-state index < -0.39 is 23.0 Å². The number of rotatable bonds is 3. The number of nitrogens with zero attached hydrogens (tertiary/aromatic N) is 1. The SMILES string of the molecule is O=C(NCc1ccccc1)c1cn2c(c(O)c1=O)C(=O)NCC2. The molecule has 0 unspecified atom stereocenters. The zero-order chi connectivity index (χ0) is 16.4. The topological polar surface area (TPSA) is 100 Å². The summed E-state index contributed by atoms with van der Waals surface area (Å²) in [4.78, 5) is 36.1. The summed E-state index contributed by atoms with van der Waals surface area (Å²) in [6.45, 7) is 1.02. The molecule has 118 valence electrons. The van der Waals surface area contributed by atoms with E-state index in [1.54, 1.807) is 0 Å². The van der Waals surface area contributed by atoms with Gasteiger partial charge in [-0.05, 0) is 5.56 Å². The second-order valence-corrected chi connectivity index (χ2v) is 5.19. The molecule has 1 aromatic carbocycles. The number of fused-ring (bicyclic) bond motifs is 1. The molecule has 0 saturated carbocycles. The van der Waals surface area contributed by atoms with Gasteiger partial charge >= 0.3 is 0 Å². The second-order valence-electron chi connectivity index (χ2n) is 5.19. The predicted octanol–water partition coefficient (Wildman–Crippen LogP) is 0.227. The average molecular weight is 313 g/mol. The zero-order valence-corrected chi connectivity index (χ0v) is 12.2. The molecule has 7 heteroatoms. The molecular weight excluding hydrogens is 298 g/mol. The lowest BCUT2D eigenvalue weighted by Crippen LogP contribution is -2.39. The molecule has 0 aliphatic carbocycles. The number of amides is 2. The molecular formula is C16H15N3O4. The number of hydrogen-bond acceptors (Lipinski definition) is 4. The molecule has 2 aromatic rings. The van der Waals surface area contributed by atoms with Crippen LogP contribution in [-0.2, 0) is 13.1 Å². The minimum absolute atomic E-state index is 0.110. The third-order valence-electron chi connectivity index (χ3n) is 3.65. The maximum Gasteiger partial charge on any atom is 0.271 e. The third-order valence-corrected chi connectivity index (χ3v) is 3.65. The maximum absolute atomic E-state index is 12.2. The molecule has 0 saturated heterocycles. The summed E-state index contributed by atoms with van der Waals surface area (Å²) in [7, 11) is 0. The Labute approximate surface area is 131 Å². The predicted molar refractivity (Wildman–Crippen MR) is 82.3 cm³/mol. The highest BCUT2D eigenvalue weighted by molar-refractivity contribution is 5.98. The number of hydrogen-bond donors (Lipinski definition) is 3. The normalized spacial score (nSPS) is 13.1. The molecule has 7 nitrogen and oxygen atoms in total. The van der Waals surface area contributed by atoms with Crippen molar-refractivity contribution in [2.45, 2.75) is 13.1 Å². The second kappa shape index (κ2) is 5.96. The van der Waals surface area contributed by atoms with Crippen LogP contribution in [-0.4, -0.2) is 28.0 Å². The summed E-state index contributed by atoms with van der Waals surface area (Å²) >= 11 is 0. The van der Waals surface area contributed by atoms with E-state index >= 15 is 0 Å². The minimum atomic E-state index is -0.848. The Morgan fingerprint density at radius 3 is 2.74 bits per heavy atom. The number of pyridine rings is 1. The largest absolute Gasteiger partial charge is 0.503 e. The molecule has 3 rings (SSSR count). The van der Waals surface area contributed by atoms with Crippen LogP contribution in [0.15, 0.2) is 41.3 Å². The lowest BCUT2D eigenvalue weighted by molar-refractivity contribution is 0.0912. The highest BCUT2D eigenvalue weighted by Crippen LogP contribution is 2.16. The molecule has 0 radical (unpaired) electrons. The fourth-order valence-corrected chi connectivity index (χ4v) is 2.47. The summed E-state index contributed by atoms with van der Waals surface area (Å²) in [6, 6.07) is 9.26. The number of carbonyl (C=O) groups is 2. The Kier molecular flexibility index (Phi) is 3.84. The molecule has 23 heavy (non-hydrogen) atoms. The highest BCUT2D eigenvalue weighted by atomic mass is 16.3. The molecule has 0 fully saturated rings. The van der Waals surface area contributed by atoms with Crippen LogP contribution in [0.2, 0.25) is 0 Å². The van der Waals surface area contributed by atoms with Gasteiger partial charge in [0.1, 0.15) is 5.56 Å². The van der Waals surface area contributed by atoms with Crippen LogP contribution in [0.4, 0.5) is 0 Å². The van der Waals surface area contributed by atoms with Crippen LogP contribution in [0.5, 0.6) is 5.75 Å². The van der Waals surface area contributed by atoms with Gasteiger partial charge in [-0.3, -0.25) is 14.4 Å². The Hall–Kier alpha value is -3.09. The van der Waals surface area contributed by atoms with E-state index in [0.717, 1.165) is 5.56 Å². The Morgan fingerprint density at radius 2 is 2.00 bits per heavy atom. The first-order valence-corrected chi connectivity index (χ1v) is 7.14. The first-order chi connectivity index (χ1) is 11.1. The Bertz CT molecular complexity index is 827. The molecule has 1 aliphatic rings. The van der Waals surface area contributed by atoms with E-state index in [1.165, 1.54) is 10.8 Å². The van der Waals surface area contributed by atoms with Gasteiger partial charge in [-0.25, -0.2) is 0 Å². The molecule has 0 spiro atoms. The molecule has 3 N–H and O–H groups in total. The molecule has 2 amide bonds. The first-order valence-electron chi connectivity index (χ1n) is 7.14. The van der Waals surface area contributed by atoms with Crippen LogP contribution in [0.25, 0.3) is 0 Å². The van der Waals surface area contributed by atoms with Crippen LogP contribution < -0.4 is 16.1 Å². The monoisotopic (exact) mass is 313 g/mol. The van der Waals surface area contributed by atoms with E-state index in [9.17, 15) is 19.5 Å². The van der Waals surface area contributed by atoms with Crippen LogP contribution in [0.1, 0.15) is 26.4 Å². The Morgan fingerprint density at radius 1 is 1.26 bits per heavy atom. The summed E-state index contributed by atoms with van der Waals surface area (Å²) in [6.07, 6.45) is 1.32.